The molecule has 2 fully saturated rings. The summed E-state index contributed by atoms with van der Waals surface area (Å²) in [6.07, 6.45) is 4.16. The number of ether oxygens (including phenoxy) is 1. The second-order valence-electron chi connectivity index (χ2n) is 7.26. The first kappa shape index (κ1) is 20.8. The minimum atomic E-state index is -0.386. The van der Waals surface area contributed by atoms with Gasteiger partial charge in [0.15, 0.2) is 0 Å². The van der Waals surface area contributed by atoms with E-state index < -0.39 is 0 Å². The van der Waals surface area contributed by atoms with Gasteiger partial charge < -0.3 is 19.6 Å². The van der Waals surface area contributed by atoms with Crippen LogP contribution in [0.5, 0.6) is 0 Å². The molecule has 2 saturated heterocycles. The van der Waals surface area contributed by atoms with E-state index in [0.29, 0.717) is 32.4 Å². The number of likely N-dealkylation sites (N-methyl/N-ethyl adjacent to an activating group) is 1. The van der Waals surface area contributed by atoms with E-state index in [4.69, 9.17) is 14.6 Å². The Morgan fingerprint density at radius 1 is 1.41 bits per heavy atom. The van der Waals surface area contributed by atoms with Crippen molar-refractivity contribution in [2.45, 2.75) is 31.8 Å². The molecule has 1 unspecified atom stereocenters. The number of pyridine rings is 1. The summed E-state index contributed by atoms with van der Waals surface area (Å²) in [4.78, 5) is 41.2. The van der Waals surface area contributed by atoms with E-state index in [1.807, 2.05) is 42.1 Å². The van der Waals surface area contributed by atoms with Gasteiger partial charge in [-0.15, -0.1) is 0 Å². The Labute approximate surface area is 159 Å². The SMILES string of the molecule is CN(C)CC1CC2(CCN(C(=O)Cc3ccccn3)CC2)C(=O)O1.O=CO. The summed E-state index contributed by atoms with van der Waals surface area (Å²) in [5.74, 6) is 0.00549. The van der Waals surface area contributed by atoms with Gasteiger partial charge >= 0.3 is 5.97 Å². The summed E-state index contributed by atoms with van der Waals surface area (Å²) in [7, 11) is 3.97. The molecule has 1 aromatic rings. The van der Waals surface area contributed by atoms with Crippen molar-refractivity contribution in [1.82, 2.24) is 14.8 Å². The molecule has 8 heteroatoms. The Balaban J connectivity index is 0.000000817. The van der Waals surface area contributed by atoms with Crippen molar-refractivity contribution in [2.24, 2.45) is 5.41 Å². The molecule has 0 saturated carbocycles. The lowest BCUT2D eigenvalue weighted by Gasteiger charge is -2.36. The number of esters is 1. The number of carbonyl (C=O) groups is 3. The van der Waals surface area contributed by atoms with Crippen molar-refractivity contribution < 1.29 is 24.2 Å². The zero-order valence-corrected chi connectivity index (χ0v) is 15.8. The summed E-state index contributed by atoms with van der Waals surface area (Å²) < 4.78 is 5.56. The van der Waals surface area contributed by atoms with Crippen LogP contribution in [0.25, 0.3) is 0 Å². The first-order valence-corrected chi connectivity index (χ1v) is 9.01. The molecule has 27 heavy (non-hydrogen) atoms. The number of amides is 1. The van der Waals surface area contributed by atoms with E-state index in [2.05, 4.69) is 4.98 Å². The molecule has 0 aromatic carbocycles. The van der Waals surface area contributed by atoms with Crippen LogP contribution in [0.1, 0.15) is 25.0 Å². The largest absolute Gasteiger partial charge is 0.483 e. The third-order valence-electron chi connectivity index (χ3n) is 5.03. The maximum atomic E-state index is 12.4. The molecule has 0 bridgehead atoms. The maximum Gasteiger partial charge on any atom is 0.312 e. The second-order valence-corrected chi connectivity index (χ2v) is 7.26. The summed E-state index contributed by atoms with van der Waals surface area (Å²) in [5, 5.41) is 6.89. The van der Waals surface area contributed by atoms with Crippen molar-refractivity contribution in [2.75, 3.05) is 33.7 Å². The van der Waals surface area contributed by atoms with E-state index >= 15 is 0 Å². The van der Waals surface area contributed by atoms with Crippen LogP contribution in [-0.4, -0.2) is 78.1 Å². The van der Waals surface area contributed by atoms with Gasteiger partial charge in [0.2, 0.25) is 5.91 Å². The molecule has 1 aromatic heterocycles. The van der Waals surface area contributed by atoms with Crippen LogP contribution in [0.2, 0.25) is 0 Å². The molecule has 148 valence electrons. The molecular weight excluding hydrogens is 350 g/mol. The lowest BCUT2D eigenvalue weighted by atomic mass is 9.76. The molecule has 1 N–H and O–H groups in total. The average Bonchev–Trinajstić information content (AvgIpc) is 2.91. The third-order valence-corrected chi connectivity index (χ3v) is 5.03. The Morgan fingerprint density at radius 3 is 2.63 bits per heavy atom. The van der Waals surface area contributed by atoms with Crippen LogP contribution in [0, 0.1) is 5.41 Å². The molecule has 1 amide bonds. The van der Waals surface area contributed by atoms with E-state index in [9.17, 15) is 9.59 Å². The van der Waals surface area contributed by atoms with Gasteiger partial charge in [-0.3, -0.25) is 19.4 Å². The fourth-order valence-corrected chi connectivity index (χ4v) is 3.71. The lowest BCUT2D eigenvalue weighted by molar-refractivity contribution is -0.152. The molecule has 0 aliphatic carbocycles. The average molecular weight is 377 g/mol. The molecule has 0 radical (unpaired) electrons. The zero-order valence-electron chi connectivity index (χ0n) is 15.8. The predicted octanol–water partition coefficient (Wildman–Crippen LogP) is 0.811. The quantitative estimate of drug-likeness (QED) is 0.612. The molecule has 1 spiro atoms. The van der Waals surface area contributed by atoms with Crippen molar-refractivity contribution in [3.05, 3.63) is 30.1 Å². The third kappa shape index (κ3) is 5.50. The van der Waals surface area contributed by atoms with Crippen LogP contribution >= 0.6 is 0 Å². The Bertz CT molecular complexity index is 642. The molecular formula is C19H27N3O5. The number of likely N-dealkylation sites (tertiary alicyclic amines) is 1. The molecule has 1 atom stereocenters. The highest BCUT2D eigenvalue weighted by Gasteiger charge is 2.50. The summed E-state index contributed by atoms with van der Waals surface area (Å²) in [6.45, 7) is 1.75. The van der Waals surface area contributed by atoms with Gasteiger partial charge in [-0.25, -0.2) is 0 Å². The summed E-state index contributed by atoms with van der Waals surface area (Å²) in [6, 6.07) is 5.60. The highest BCUT2D eigenvalue weighted by molar-refractivity contribution is 5.81. The first-order chi connectivity index (χ1) is 12.9. The fourth-order valence-electron chi connectivity index (χ4n) is 3.71. The van der Waals surface area contributed by atoms with E-state index in [1.54, 1.807) is 6.20 Å². The van der Waals surface area contributed by atoms with Crippen LogP contribution in [0.3, 0.4) is 0 Å². The topological polar surface area (TPSA) is 100 Å². The molecule has 3 rings (SSSR count). The number of nitrogens with zero attached hydrogens (tertiary/aromatic N) is 3. The van der Waals surface area contributed by atoms with Crippen LogP contribution in [0.15, 0.2) is 24.4 Å². The van der Waals surface area contributed by atoms with E-state index in [1.165, 1.54) is 0 Å². The maximum absolute atomic E-state index is 12.4. The number of hydrogen-bond donors (Lipinski definition) is 1. The number of carbonyl (C=O) groups excluding carboxylic acids is 2. The van der Waals surface area contributed by atoms with Gasteiger partial charge in [0, 0.05) is 37.9 Å². The van der Waals surface area contributed by atoms with Crippen molar-refractivity contribution in [1.29, 1.82) is 0 Å². The molecule has 2 aliphatic heterocycles. The Morgan fingerprint density at radius 2 is 2.07 bits per heavy atom. The lowest BCUT2D eigenvalue weighted by Crippen LogP contribution is -2.45. The standard InChI is InChI=1S/C18H25N3O3.CH2O2/c1-20(2)13-15-12-18(17(23)24-15)6-9-21(10-7-18)16(22)11-14-5-3-4-8-19-14;2-1-3/h3-5,8,15H,6-7,9-13H2,1-2H3;1H,(H,2,3). The van der Waals surface area contributed by atoms with Crippen LogP contribution in [-0.2, 0) is 25.5 Å². The van der Waals surface area contributed by atoms with E-state index in [-0.39, 0.29) is 29.9 Å². The number of carboxylic acid groups (broad SMARTS) is 1. The fraction of sp³-hybridized carbons (Fsp3) is 0.579. The number of rotatable bonds is 4. The first-order valence-electron chi connectivity index (χ1n) is 9.01. The molecule has 8 nitrogen and oxygen atoms in total. The summed E-state index contributed by atoms with van der Waals surface area (Å²) in [5.41, 5.74) is 0.400. The van der Waals surface area contributed by atoms with Crippen LogP contribution < -0.4 is 0 Å². The van der Waals surface area contributed by atoms with Crippen molar-refractivity contribution in [3.63, 3.8) is 0 Å². The zero-order chi connectivity index (χ0) is 19.9. The van der Waals surface area contributed by atoms with Gasteiger partial charge in [0.05, 0.1) is 11.8 Å². The highest BCUT2D eigenvalue weighted by atomic mass is 16.6. The number of aromatic nitrogens is 1. The van der Waals surface area contributed by atoms with E-state index in [0.717, 1.165) is 18.7 Å². The summed E-state index contributed by atoms with van der Waals surface area (Å²) >= 11 is 0. The second kappa shape index (κ2) is 9.45. The van der Waals surface area contributed by atoms with Gasteiger partial charge in [-0.1, -0.05) is 6.07 Å². The highest BCUT2D eigenvalue weighted by Crippen LogP contribution is 2.43. The molecule has 2 aliphatic rings. The predicted molar refractivity (Wildman–Crippen MR) is 97.9 cm³/mol. The Kier molecular flexibility index (Phi) is 7.29. The Hall–Kier alpha value is -2.48. The smallest absolute Gasteiger partial charge is 0.312 e. The minimum absolute atomic E-state index is 0.0247. The normalized spacial score (nSPS) is 20.8. The monoisotopic (exact) mass is 377 g/mol. The number of hydrogen-bond acceptors (Lipinski definition) is 6. The van der Waals surface area contributed by atoms with Gasteiger partial charge in [0.25, 0.3) is 6.47 Å². The van der Waals surface area contributed by atoms with Gasteiger partial charge in [0.1, 0.15) is 6.10 Å². The van der Waals surface area contributed by atoms with Crippen molar-refractivity contribution >= 4 is 18.3 Å². The van der Waals surface area contributed by atoms with Gasteiger partial charge in [-0.05, 0) is 39.1 Å². The van der Waals surface area contributed by atoms with Gasteiger partial charge in [-0.2, -0.15) is 0 Å². The number of cyclic esters (lactones) is 1. The van der Waals surface area contributed by atoms with Crippen molar-refractivity contribution in [3.8, 4) is 0 Å². The number of piperidine rings is 1. The minimum Gasteiger partial charge on any atom is -0.483 e. The van der Waals surface area contributed by atoms with Crippen LogP contribution in [0.4, 0.5) is 0 Å². The molecule has 3 heterocycles.